The van der Waals surface area contributed by atoms with E-state index in [0.29, 0.717) is 13.0 Å². The Kier molecular flexibility index (Phi) is 7.05. The summed E-state index contributed by atoms with van der Waals surface area (Å²) in [5.41, 5.74) is 0. The molecule has 1 atom stereocenters. The van der Waals surface area contributed by atoms with Crippen molar-refractivity contribution < 1.29 is 14.7 Å². The van der Waals surface area contributed by atoms with Crippen LogP contribution in [-0.2, 0) is 4.79 Å². The molecule has 5 heteroatoms. The third kappa shape index (κ3) is 7.54. The highest BCUT2D eigenvalue weighted by Gasteiger charge is 2.14. The highest BCUT2D eigenvalue weighted by Crippen LogP contribution is 2.01. The first-order valence-corrected chi connectivity index (χ1v) is 4.97. The van der Waals surface area contributed by atoms with Gasteiger partial charge in [0.05, 0.1) is 6.42 Å². The van der Waals surface area contributed by atoms with Gasteiger partial charge in [-0.15, -0.1) is 6.58 Å². The van der Waals surface area contributed by atoms with Crippen molar-refractivity contribution in [3.05, 3.63) is 12.7 Å². The Morgan fingerprint density at radius 2 is 2.20 bits per heavy atom. The maximum absolute atomic E-state index is 11.2. The van der Waals surface area contributed by atoms with Gasteiger partial charge < -0.3 is 15.7 Å². The zero-order chi connectivity index (χ0) is 11.7. The van der Waals surface area contributed by atoms with E-state index in [-0.39, 0.29) is 18.5 Å². The summed E-state index contributed by atoms with van der Waals surface area (Å²) < 4.78 is 0. The predicted molar refractivity (Wildman–Crippen MR) is 57.7 cm³/mol. The molecular formula is C10H18N2O3. The summed E-state index contributed by atoms with van der Waals surface area (Å²) in [5, 5.41) is 13.8. The van der Waals surface area contributed by atoms with Crippen LogP contribution in [0, 0.1) is 0 Å². The molecule has 0 radical (unpaired) electrons. The second-order valence-electron chi connectivity index (χ2n) is 3.23. The lowest BCUT2D eigenvalue weighted by Crippen LogP contribution is -2.43. The van der Waals surface area contributed by atoms with E-state index >= 15 is 0 Å². The van der Waals surface area contributed by atoms with Gasteiger partial charge in [0.2, 0.25) is 0 Å². The van der Waals surface area contributed by atoms with Crippen LogP contribution >= 0.6 is 0 Å². The van der Waals surface area contributed by atoms with Crippen molar-refractivity contribution in [2.75, 3.05) is 6.54 Å². The lowest BCUT2D eigenvalue weighted by molar-refractivity contribution is -0.137. The molecule has 0 heterocycles. The molecule has 0 aromatic heterocycles. The summed E-state index contributed by atoms with van der Waals surface area (Å²) >= 11 is 0. The predicted octanol–water partition coefficient (Wildman–Crippen LogP) is 1.11. The fourth-order valence-corrected chi connectivity index (χ4v) is 1.19. The topological polar surface area (TPSA) is 78.4 Å². The average Bonchev–Trinajstić information content (AvgIpc) is 2.14. The van der Waals surface area contributed by atoms with Gasteiger partial charge in [0.15, 0.2) is 0 Å². The zero-order valence-corrected chi connectivity index (χ0v) is 8.95. The number of rotatable bonds is 7. The lowest BCUT2D eigenvalue weighted by atomic mass is 10.1. The minimum absolute atomic E-state index is 0.0463. The first-order chi connectivity index (χ1) is 7.10. The Hall–Kier alpha value is -1.52. The van der Waals surface area contributed by atoms with Gasteiger partial charge in [0, 0.05) is 12.6 Å². The molecule has 5 nitrogen and oxygen atoms in total. The van der Waals surface area contributed by atoms with Crippen molar-refractivity contribution in [3.63, 3.8) is 0 Å². The number of carboxylic acid groups (broad SMARTS) is 1. The lowest BCUT2D eigenvalue weighted by Gasteiger charge is -2.16. The third-order valence-electron chi connectivity index (χ3n) is 1.80. The summed E-state index contributed by atoms with van der Waals surface area (Å²) in [7, 11) is 0. The van der Waals surface area contributed by atoms with Gasteiger partial charge in [-0.1, -0.05) is 19.4 Å². The molecule has 3 N–H and O–H groups in total. The highest BCUT2D eigenvalue weighted by atomic mass is 16.4. The van der Waals surface area contributed by atoms with Crippen LogP contribution < -0.4 is 10.6 Å². The van der Waals surface area contributed by atoms with Crippen LogP contribution in [0.1, 0.15) is 26.2 Å². The zero-order valence-electron chi connectivity index (χ0n) is 8.95. The summed E-state index contributed by atoms with van der Waals surface area (Å²) in [5.74, 6) is -0.905. The molecule has 0 saturated carbocycles. The Balaban J connectivity index is 3.97. The molecule has 0 aromatic rings. The van der Waals surface area contributed by atoms with Crippen LogP contribution in [0.5, 0.6) is 0 Å². The molecule has 0 spiro atoms. The molecule has 0 rings (SSSR count). The molecule has 0 saturated heterocycles. The molecule has 2 amide bonds. The monoisotopic (exact) mass is 214 g/mol. The normalized spacial score (nSPS) is 11.5. The molecule has 0 aliphatic heterocycles. The van der Waals surface area contributed by atoms with Crippen molar-refractivity contribution in [1.82, 2.24) is 10.6 Å². The Morgan fingerprint density at radius 1 is 1.53 bits per heavy atom. The van der Waals surface area contributed by atoms with Gasteiger partial charge in [-0.25, -0.2) is 4.79 Å². The van der Waals surface area contributed by atoms with Gasteiger partial charge >= 0.3 is 12.0 Å². The minimum Gasteiger partial charge on any atom is -0.481 e. The van der Waals surface area contributed by atoms with Crippen molar-refractivity contribution in [3.8, 4) is 0 Å². The van der Waals surface area contributed by atoms with Gasteiger partial charge in [0.25, 0.3) is 0 Å². The number of carbonyl (C=O) groups is 2. The van der Waals surface area contributed by atoms with E-state index in [1.807, 2.05) is 6.92 Å². The third-order valence-corrected chi connectivity index (χ3v) is 1.80. The Labute approximate surface area is 89.6 Å². The van der Waals surface area contributed by atoms with Gasteiger partial charge in [-0.2, -0.15) is 0 Å². The number of nitrogens with one attached hydrogen (secondary N) is 2. The molecule has 86 valence electrons. The Bertz CT molecular complexity index is 229. The van der Waals surface area contributed by atoms with Crippen molar-refractivity contribution in [2.45, 2.75) is 32.2 Å². The summed E-state index contributed by atoms with van der Waals surface area (Å²) in [4.78, 5) is 21.7. The quantitative estimate of drug-likeness (QED) is 0.555. The Morgan fingerprint density at radius 3 is 2.67 bits per heavy atom. The first-order valence-electron chi connectivity index (χ1n) is 4.97. The first kappa shape index (κ1) is 13.5. The molecule has 0 bridgehead atoms. The average molecular weight is 214 g/mol. The van der Waals surface area contributed by atoms with Crippen molar-refractivity contribution >= 4 is 12.0 Å². The molecular weight excluding hydrogens is 196 g/mol. The van der Waals surface area contributed by atoms with Gasteiger partial charge in [-0.05, 0) is 6.42 Å². The summed E-state index contributed by atoms with van der Waals surface area (Å²) in [6.45, 7) is 5.78. The van der Waals surface area contributed by atoms with Crippen molar-refractivity contribution in [1.29, 1.82) is 0 Å². The molecule has 0 aromatic carbocycles. The standard InChI is InChI=1S/C10H18N2O3/c1-3-5-8(7-9(13)14)12-10(15)11-6-4-2/h4,8H,2-3,5-7H2,1H3,(H,13,14)(H2,11,12,15). The van der Waals surface area contributed by atoms with E-state index < -0.39 is 5.97 Å². The van der Waals surface area contributed by atoms with E-state index in [1.165, 1.54) is 0 Å². The van der Waals surface area contributed by atoms with E-state index in [0.717, 1.165) is 6.42 Å². The number of carboxylic acids is 1. The molecule has 0 aliphatic rings. The van der Waals surface area contributed by atoms with E-state index in [2.05, 4.69) is 17.2 Å². The van der Waals surface area contributed by atoms with Crippen LogP contribution in [0.25, 0.3) is 0 Å². The smallest absolute Gasteiger partial charge is 0.315 e. The molecule has 0 fully saturated rings. The van der Waals surface area contributed by atoms with E-state index in [1.54, 1.807) is 6.08 Å². The molecule has 15 heavy (non-hydrogen) atoms. The number of carbonyl (C=O) groups excluding carboxylic acids is 1. The van der Waals surface area contributed by atoms with Gasteiger partial charge in [-0.3, -0.25) is 4.79 Å². The maximum atomic E-state index is 11.2. The molecule has 1 unspecified atom stereocenters. The largest absolute Gasteiger partial charge is 0.481 e. The number of hydrogen-bond acceptors (Lipinski definition) is 2. The minimum atomic E-state index is -0.905. The van der Waals surface area contributed by atoms with Crippen LogP contribution in [-0.4, -0.2) is 29.7 Å². The van der Waals surface area contributed by atoms with Crippen LogP contribution in [0.3, 0.4) is 0 Å². The SMILES string of the molecule is C=CCNC(=O)NC(CCC)CC(=O)O. The molecule has 0 aliphatic carbocycles. The second-order valence-corrected chi connectivity index (χ2v) is 3.23. The van der Waals surface area contributed by atoms with Crippen molar-refractivity contribution in [2.24, 2.45) is 0 Å². The van der Waals surface area contributed by atoms with Crippen LogP contribution in [0.15, 0.2) is 12.7 Å². The van der Waals surface area contributed by atoms with Crippen LogP contribution in [0.2, 0.25) is 0 Å². The number of amides is 2. The summed E-state index contributed by atoms with van der Waals surface area (Å²) in [6, 6.07) is -0.660. The number of urea groups is 1. The highest BCUT2D eigenvalue weighted by molar-refractivity contribution is 5.75. The number of aliphatic carboxylic acids is 1. The van der Waals surface area contributed by atoms with Gasteiger partial charge in [0.1, 0.15) is 0 Å². The van der Waals surface area contributed by atoms with Crippen LogP contribution in [0.4, 0.5) is 4.79 Å². The van der Waals surface area contributed by atoms with E-state index in [9.17, 15) is 9.59 Å². The summed E-state index contributed by atoms with van der Waals surface area (Å²) in [6.07, 6.45) is 3.01. The number of hydrogen-bond donors (Lipinski definition) is 3. The fraction of sp³-hybridized carbons (Fsp3) is 0.600. The fourth-order valence-electron chi connectivity index (χ4n) is 1.19. The maximum Gasteiger partial charge on any atom is 0.315 e. The second kappa shape index (κ2) is 7.84. The van der Waals surface area contributed by atoms with E-state index in [4.69, 9.17) is 5.11 Å².